The standard InChI is InChI=1S/C18H17F2N3/c1-3-14(12-7-4-5-8-13(12)19)23-18-16(20)11(2)22-15-9-6-10-21-17(15)18/h4-10,14H,3H2,1-2H3,(H,22,23)/t14-/m1/s1. The highest BCUT2D eigenvalue weighted by Gasteiger charge is 2.19. The van der Waals surface area contributed by atoms with Gasteiger partial charge < -0.3 is 5.32 Å². The van der Waals surface area contributed by atoms with Gasteiger partial charge in [0.1, 0.15) is 17.0 Å². The van der Waals surface area contributed by atoms with Gasteiger partial charge in [-0.15, -0.1) is 0 Å². The van der Waals surface area contributed by atoms with Crippen LogP contribution < -0.4 is 5.32 Å². The Morgan fingerprint density at radius 2 is 1.91 bits per heavy atom. The van der Waals surface area contributed by atoms with Crippen molar-refractivity contribution < 1.29 is 8.78 Å². The summed E-state index contributed by atoms with van der Waals surface area (Å²) < 4.78 is 28.6. The molecule has 1 aromatic carbocycles. The van der Waals surface area contributed by atoms with E-state index in [0.717, 1.165) is 0 Å². The first-order chi connectivity index (χ1) is 11.1. The molecular formula is C18H17F2N3. The highest BCUT2D eigenvalue weighted by Crippen LogP contribution is 2.31. The van der Waals surface area contributed by atoms with Crippen molar-refractivity contribution in [3.8, 4) is 0 Å². The Kier molecular flexibility index (Phi) is 4.19. The van der Waals surface area contributed by atoms with E-state index >= 15 is 0 Å². The molecule has 0 fully saturated rings. The van der Waals surface area contributed by atoms with Crippen LogP contribution in [0.1, 0.15) is 30.6 Å². The number of nitrogens with zero attached hydrogens (tertiary/aromatic N) is 2. The Morgan fingerprint density at radius 1 is 1.13 bits per heavy atom. The Balaban J connectivity index is 2.10. The van der Waals surface area contributed by atoms with Crippen LogP contribution in [0.15, 0.2) is 42.6 Å². The highest BCUT2D eigenvalue weighted by atomic mass is 19.1. The van der Waals surface area contributed by atoms with Crippen LogP contribution >= 0.6 is 0 Å². The summed E-state index contributed by atoms with van der Waals surface area (Å²) in [5.41, 5.74) is 2.12. The molecule has 0 unspecified atom stereocenters. The first-order valence-corrected chi connectivity index (χ1v) is 7.53. The van der Waals surface area contributed by atoms with Gasteiger partial charge in [0, 0.05) is 11.8 Å². The van der Waals surface area contributed by atoms with Crippen LogP contribution in [0.3, 0.4) is 0 Å². The maximum Gasteiger partial charge on any atom is 0.169 e. The number of aryl methyl sites for hydroxylation is 1. The maximum absolute atomic E-state index is 14.6. The van der Waals surface area contributed by atoms with Crippen LogP contribution in [0.2, 0.25) is 0 Å². The maximum atomic E-state index is 14.6. The topological polar surface area (TPSA) is 37.8 Å². The van der Waals surface area contributed by atoms with Crippen molar-refractivity contribution in [1.29, 1.82) is 0 Å². The van der Waals surface area contributed by atoms with E-state index in [0.29, 0.717) is 23.0 Å². The van der Waals surface area contributed by atoms with Gasteiger partial charge >= 0.3 is 0 Å². The quantitative estimate of drug-likeness (QED) is 0.753. The molecule has 0 saturated carbocycles. The molecule has 118 valence electrons. The van der Waals surface area contributed by atoms with Gasteiger partial charge in [-0.25, -0.2) is 13.8 Å². The van der Waals surface area contributed by atoms with Gasteiger partial charge in [0.25, 0.3) is 0 Å². The number of pyridine rings is 2. The molecule has 2 aromatic heterocycles. The lowest BCUT2D eigenvalue weighted by atomic mass is 10.0. The fraction of sp³-hybridized carbons (Fsp3) is 0.222. The molecule has 0 spiro atoms. The summed E-state index contributed by atoms with van der Waals surface area (Å²) in [4.78, 5) is 8.44. The van der Waals surface area contributed by atoms with E-state index < -0.39 is 5.82 Å². The second-order valence-electron chi connectivity index (χ2n) is 5.38. The molecule has 0 radical (unpaired) electrons. The third-order valence-electron chi connectivity index (χ3n) is 3.86. The molecule has 3 nitrogen and oxygen atoms in total. The van der Waals surface area contributed by atoms with Crippen molar-refractivity contribution >= 4 is 16.7 Å². The number of anilines is 1. The monoisotopic (exact) mass is 313 g/mol. The van der Waals surface area contributed by atoms with E-state index in [1.807, 2.05) is 6.92 Å². The molecule has 23 heavy (non-hydrogen) atoms. The summed E-state index contributed by atoms with van der Waals surface area (Å²) in [7, 11) is 0. The summed E-state index contributed by atoms with van der Waals surface area (Å²) in [6.07, 6.45) is 2.20. The van der Waals surface area contributed by atoms with Gasteiger partial charge in [-0.2, -0.15) is 0 Å². The predicted octanol–water partition coefficient (Wildman–Crippen LogP) is 4.78. The lowest BCUT2D eigenvalue weighted by Crippen LogP contribution is -2.14. The zero-order valence-corrected chi connectivity index (χ0v) is 13.0. The summed E-state index contributed by atoms with van der Waals surface area (Å²) >= 11 is 0. The smallest absolute Gasteiger partial charge is 0.169 e. The average Bonchev–Trinajstić information content (AvgIpc) is 2.56. The van der Waals surface area contributed by atoms with Crippen LogP contribution in [0, 0.1) is 18.6 Å². The summed E-state index contributed by atoms with van der Waals surface area (Å²) in [6.45, 7) is 3.53. The molecule has 0 aliphatic heterocycles. The molecule has 3 rings (SSSR count). The molecule has 1 N–H and O–H groups in total. The fourth-order valence-electron chi connectivity index (χ4n) is 2.66. The third kappa shape index (κ3) is 2.86. The van der Waals surface area contributed by atoms with E-state index in [2.05, 4.69) is 15.3 Å². The predicted molar refractivity (Wildman–Crippen MR) is 87.3 cm³/mol. The van der Waals surface area contributed by atoms with Crippen molar-refractivity contribution in [1.82, 2.24) is 9.97 Å². The Hall–Kier alpha value is -2.56. The van der Waals surface area contributed by atoms with Gasteiger partial charge in [0.05, 0.1) is 17.3 Å². The molecule has 3 aromatic rings. The zero-order chi connectivity index (χ0) is 16.4. The number of hydrogen-bond acceptors (Lipinski definition) is 3. The largest absolute Gasteiger partial charge is 0.374 e. The molecule has 0 aliphatic carbocycles. The number of halogens is 2. The molecule has 0 aliphatic rings. The van der Waals surface area contributed by atoms with Crippen molar-refractivity contribution in [3.63, 3.8) is 0 Å². The number of fused-ring (bicyclic) bond motifs is 1. The zero-order valence-electron chi connectivity index (χ0n) is 13.0. The van der Waals surface area contributed by atoms with Crippen LogP contribution in [0.4, 0.5) is 14.5 Å². The SMILES string of the molecule is CC[C@@H](Nc1c(F)c(C)nc2cccnc12)c1ccccc1F. The van der Waals surface area contributed by atoms with E-state index in [4.69, 9.17) is 0 Å². The summed E-state index contributed by atoms with van der Waals surface area (Å²) in [5.74, 6) is -0.763. The second kappa shape index (κ2) is 6.28. The van der Waals surface area contributed by atoms with E-state index in [1.165, 1.54) is 6.07 Å². The van der Waals surface area contributed by atoms with E-state index in [-0.39, 0.29) is 23.2 Å². The number of rotatable bonds is 4. The summed E-state index contributed by atoms with van der Waals surface area (Å²) in [5, 5.41) is 3.12. The third-order valence-corrected chi connectivity index (χ3v) is 3.86. The first-order valence-electron chi connectivity index (χ1n) is 7.53. The van der Waals surface area contributed by atoms with Crippen molar-refractivity contribution in [2.75, 3.05) is 5.32 Å². The fourth-order valence-corrected chi connectivity index (χ4v) is 2.66. The van der Waals surface area contributed by atoms with Crippen LogP contribution in [-0.4, -0.2) is 9.97 Å². The minimum Gasteiger partial charge on any atom is -0.374 e. The van der Waals surface area contributed by atoms with Crippen molar-refractivity contribution in [2.45, 2.75) is 26.3 Å². The molecular weight excluding hydrogens is 296 g/mol. The van der Waals surface area contributed by atoms with Gasteiger partial charge in [0.15, 0.2) is 5.82 Å². The van der Waals surface area contributed by atoms with Gasteiger partial charge in [-0.05, 0) is 31.5 Å². The number of nitrogens with one attached hydrogen (secondary N) is 1. The molecule has 0 amide bonds. The van der Waals surface area contributed by atoms with Crippen molar-refractivity contribution in [3.05, 3.63) is 65.5 Å². The molecule has 2 heterocycles. The highest BCUT2D eigenvalue weighted by molar-refractivity contribution is 5.88. The Morgan fingerprint density at radius 3 is 2.65 bits per heavy atom. The number of hydrogen-bond donors (Lipinski definition) is 1. The number of benzene rings is 1. The number of aromatic nitrogens is 2. The van der Waals surface area contributed by atoms with E-state index in [9.17, 15) is 8.78 Å². The normalized spacial score (nSPS) is 12.3. The molecule has 1 atom stereocenters. The molecule has 0 bridgehead atoms. The van der Waals surface area contributed by atoms with Crippen LogP contribution in [0.5, 0.6) is 0 Å². The minimum atomic E-state index is -0.453. The Labute approximate surface area is 133 Å². The molecule has 0 saturated heterocycles. The van der Waals surface area contributed by atoms with Gasteiger partial charge in [-0.1, -0.05) is 25.1 Å². The molecule has 5 heteroatoms. The van der Waals surface area contributed by atoms with Gasteiger partial charge in [-0.3, -0.25) is 4.98 Å². The lowest BCUT2D eigenvalue weighted by molar-refractivity contribution is 0.581. The summed E-state index contributed by atoms with van der Waals surface area (Å²) in [6, 6.07) is 9.71. The van der Waals surface area contributed by atoms with Crippen molar-refractivity contribution in [2.24, 2.45) is 0 Å². The van der Waals surface area contributed by atoms with Gasteiger partial charge in [0.2, 0.25) is 0 Å². The lowest BCUT2D eigenvalue weighted by Gasteiger charge is -2.21. The van der Waals surface area contributed by atoms with Crippen LogP contribution in [0.25, 0.3) is 11.0 Å². The Bertz CT molecular complexity index is 849. The second-order valence-corrected chi connectivity index (χ2v) is 5.38. The average molecular weight is 313 g/mol. The first kappa shape index (κ1) is 15.3. The van der Waals surface area contributed by atoms with E-state index in [1.54, 1.807) is 43.5 Å². The van der Waals surface area contributed by atoms with Crippen LogP contribution in [-0.2, 0) is 0 Å². The minimum absolute atomic E-state index is 0.267.